The number of hydrogen-bond acceptors (Lipinski definition) is 3. The summed E-state index contributed by atoms with van der Waals surface area (Å²) in [6.07, 6.45) is 2.13. The zero-order chi connectivity index (χ0) is 11.9. The van der Waals surface area contributed by atoms with E-state index in [0.717, 1.165) is 12.8 Å². The molecule has 92 valence electrons. The van der Waals surface area contributed by atoms with Crippen LogP contribution >= 0.6 is 0 Å². The highest BCUT2D eigenvalue weighted by Gasteiger charge is 2.59. The molecule has 0 aromatic heterocycles. The second kappa shape index (κ2) is 3.95. The number of alkyl halides is 2. The van der Waals surface area contributed by atoms with E-state index in [-0.39, 0.29) is 12.3 Å². The van der Waals surface area contributed by atoms with Crippen LogP contribution in [0.5, 0.6) is 0 Å². The first-order valence-electron chi connectivity index (χ1n) is 5.67. The van der Waals surface area contributed by atoms with Crippen molar-refractivity contribution in [1.82, 2.24) is 0 Å². The highest BCUT2D eigenvalue weighted by Crippen LogP contribution is 2.55. The first-order valence-corrected chi connectivity index (χ1v) is 5.67. The van der Waals surface area contributed by atoms with E-state index in [2.05, 4.69) is 4.74 Å². The Labute approximate surface area is 93.3 Å². The minimum Gasteiger partial charge on any atom is -0.468 e. The highest BCUT2D eigenvalue weighted by atomic mass is 19.3. The second-order valence-corrected chi connectivity index (χ2v) is 4.96. The molecule has 2 aliphatic carbocycles. The Balaban J connectivity index is 1.86. The van der Waals surface area contributed by atoms with Crippen molar-refractivity contribution >= 4 is 5.97 Å². The van der Waals surface area contributed by atoms with E-state index < -0.39 is 29.8 Å². The number of halogens is 2. The Morgan fingerprint density at radius 1 is 1.56 bits per heavy atom. The number of nitrogens with two attached hydrogens (primary N) is 1. The Hall–Kier alpha value is -0.710. The lowest BCUT2D eigenvalue weighted by molar-refractivity contribution is -0.143. The molecule has 0 saturated heterocycles. The van der Waals surface area contributed by atoms with Gasteiger partial charge in [0.2, 0.25) is 0 Å². The molecule has 0 heterocycles. The number of hydrogen-bond donors (Lipinski definition) is 1. The van der Waals surface area contributed by atoms with Gasteiger partial charge in [-0.2, -0.15) is 0 Å². The predicted octanol–water partition coefficient (Wildman–Crippen LogP) is 1.56. The summed E-state index contributed by atoms with van der Waals surface area (Å²) in [5, 5.41) is 0. The molecule has 2 rings (SSSR count). The van der Waals surface area contributed by atoms with Crippen LogP contribution in [-0.2, 0) is 9.53 Å². The van der Waals surface area contributed by atoms with E-state index in [1.807, 2.05) is 0 Å². The van der Waals surface area contributed by atoms with Gasteiger partial charge in [-0.25, -0.2) is 8.78 Å². The van der Waals surface area contributed by atoms with E-state index in [4.69, 9.17) is 5.73 Å². The van der Waals surface area contributed by atoms with Crippen LogP contribution in [0.15, 0.2) is 0 Å². The largest absolute Gasteiger partial charge is 0.468 e. The van der Waals surface area contributed by atoms with Crippen molar-refractivity contribution in [2.45, 2.75) is 37.6 Å². The third kappa shape index (κ3) is 2.34. The summed E-state index contributed by atoms with van der Waals surface area (Å²) in [6, 6.07) is -0.889. The van der Waals surface area contributed by atoms with E-state index in [0.29, 0.717) is 6.42 Å². The van der Waals surface area contributed by atoms with Crippen LogP contribution in [0, 0.1) is 17.8 Å². The fourth-order valence-corrected chi connectivity index (χ4v) is 2.27. The summed E-state index contributed by atoms with van der Waals surface area (Å²) in [7, 11) is 1.22. The molecule has 0 spiro atoms. The van der Waals surface area contributed by atoms with Crippen molar-refractivity contribution in [2.75, 3.05) is 7.11 Å². The summed E-state index contributed by atoms with van der Waals surface area (Å²) in [6.45, 7) is 0. The van der Waals surface area contributed by atoms with Crippen LogP contribution in [-0.4, -0.2) is 25.0 Å². The van der Waals surface area contributed by atoms with Crippen molar-refractivity contribution in [1.29, 1.82) is 0 Å². The molecule has 0 bridgehead atoms. The topological polar surface area (TPSA) is 52.3 Å². The molecule has 0 radical (unpaired) electrons. The number of carbonyl (C=O) groups is 1. The molecule has 16 heavy (non-hydrogen) atoms. The number of methoxy groups -OCH3 is 1. The monoisotopic (exact) mass is 233 g/mol. The van der Waals surface area contributed by atoms with E-state index >= 15 is 0 Å². The molecule has 2 N–H and O–H groups in total. The zero-order valence-corrected chi connectivity index (χ0v) is 9.29. The molecule has 0 aromatic rings. The lowest BCUT2D eigenvalue weighted by Crippen LogP contribution is -2.36. The maximum Gasteiger partial charge on any atom is 0.322 e. The standard InChI is InChI=1S/C11H17F2NO2/c1-16-10(15)9(14)7-4-8(7)11(12,13)5-6-2-3-6/h6-9H,2-5,14H2,1H3. The number of ether oxygens (including phenoxy) is 1. The van der Waals surface area contributed by atoms with E-state index in [9.17, 15) is 13.6 Å². The molecule has 2 saturated carbocycles. The third-order valence-electron chi connectivity index (χ3n) is 3.57. The molecule has 3 nitrogen and oxygen atoms in total. The van der Waals surface area contributed by atoms with Crippen molar-refractivity contribution in [3.8, 4) is 0 Å². The number of rotatable bonds is 5. The number of esters is 1. The van der Waals surface area contributed by atoms with Crippen LogP contribution in [0.25, 0.3) is 0 Å². The fourth-order valence-electron chi connectivity index (χ4n) is 2.27. The van der Waals surface area contributed by atoms with Crippen LogP contribution in [0.3, 0.4) is 0 Å². The van der Waals surface area contributed by atoms with Gasteiger partial charge in [0, 0.05) is 12.3 Å². The number of carbonyl (C=O) groups excluding carboxylic acids is 1. The van der Waals surface area contributed by atoms with E-state index in [1.54, 1.807) is 0 Å². The molecule has 0 amide bonds. The van der Waals surface area contributed by atoms with Gasteiger partial charge >= 0.3 is 5.97 Å². The van der Waals surface area contributed by atoms with Crippen molar-refractivity contribution in [3.05, 3.63) is 0 Å². The summed E-state index contributed by atoms with van der Waals surface area (Å²) in [5.74, 6) is -4.18. The zero-order valence-electron chi connectivity index (χ0n) is 9.29. The maximum atomic E-state index is 13.7. The first kappa shape index (κ1) is 11.8. The van der Waals surface area contributed by atoms with Crippen LogP contribution < -0.4 is 5.73 Å². The van der Waals surface area contributed by atoms with Crippen LogP contribution in [0.4, 0.5) is 8.78 Å². The Morgan fingerprint density at radius 2 is 2.19 bits per heavy atom. The van der Waals surface area contributed by atoms with Gasteiger partial charge in [0.25, 0.3) is 5.92 Å². The van der Waals surface area contributed by atoms with Gasteiger partial charge in [-0.15, -0.1) is 0 Å². The van der Waals surface area contributed by atoms with Crippen molar-refractivity contribution in [2.24, 2.45) is 23.5 Å². The Kier molecular flexibility index (Phi) is 2.90. The van der Waals surface area contributed by atoms with Crippen molar-refractivity contribution in [3.63, 3.8) is 0 Å². The molecular weight excluding hydrogens is 216 g/mol. The summed E-state index contributed by atoms with van der Waals surface area (Å²) < 4.78 is 31.8. The fraction of sp³-hybridized carbons (Fsp3) is 0.909. The van der Waals surface area contributed by atoms with Crippen molar-refractivity contribution < 1.29 is 18.3 Å². The molecule has 0 aromatic carbocycles. The summed E-state index contributed by atoms with van der Waals surface area (Å²) in [5.41, 5.74) is 5.56. The third-order valence-corrected chi connectivity index (χ3v) is 3.57. The predicted molar refractivity (Wildman–Crippen MR) is 53.9 cm³/mol. The lowest BCUT2D eigenvalue weighted by Gasteiger charge is -2.17. The molecule has 3 unspecified atom stereocenters. The average Bonchev–Trinajstić information content (AvgIpc) is 3.06. The first-order chi connectivity index (χ1) is 7.45. The normalized spacial score (nSPS) is 31.0. The maximum absolute atomic E-state index is 13.7. The minimum absolute atomic E-state index is 0.0396. The Bertz CT molecular complexity index is 292. The van der Waals surface area contributed by atoms with Gasteiger partial charge in [-0.05, 0) is 31.1 Å². The highest BCUT2D eigenvalue weighted by molar-refractivity contribution is 5.76. The lowest BCUT2D eigenvalue weighted by atomic mass is 10.0. The van der Waals surface area contributed by atoms with Crippen LogP contribution in [0.2, 0.25) is 0 Å². The van der Waals surface area contributed by atoms with Gasteiger partial charge < -0.3 is 10.5 Å². The van der Waals surface area contributed by atoms with Gasteiger partial charge in [0.15, 0.2) is 0 Å². The molecule has 2 aliphatic rings. The quantitative estimate of drug-likeness (QED) is 0.733. The van der Waals surface area contributed by atoms with Gasteiger partial charge in [0.05, 0.1) is 7.11 Å². The SMILES string of the molecule is COC(=O)C(N)C1CC1C(F)(F)CC1CC1. The van der Waals surface area contributed by atoms with Gasteiger partial charge in [0.1, 0.15) is 6.04 Å². The molecule has 2 fully saturated rings. The molecular formula is C11H17F2NO2. The van der Waals surface area contributed by atoms with Crippen LogP contribution in [0.1, 0.15) is 25.7 Å². The van der Waals surface area contributed by atoms with E-state index in [1.165, 1.54) is 7.11 Å². The Morgan fingerprint density at radius 3 is 2.69 bits per heavy atom. The summed E-state index contributed by atoms with van der Waals surface area (Å²) >= 11 is 0. The average molecular weight is 233 g/mol. The summed E-state index contributed by atoms with van der Waals surface area (Å²) in [4.78, 5) is 11.1. The molecule has 3 atom stereocenters. The van der Waals surface area contributed by atoms with Gasteiger partial charge in [-0.3, -0.25) is 4.79 Å². The molecule has 0 aliphatic heterocycles. The second-order valence-electron chi connectivity index (χ2n) is 4.96. The molecule has 5 heteroatoms. The van der Waals surface area contributed by atoms with Gasteiger partial charge in [-0.1, -0.05) is 0 Å². The minimum atomic E-state index is -2.66. The smallest absolute Gasteiger partial charge is 0.322 e.